The van der Waals surface area contributed by atoms with Gasteiger partial charge in [0.15, 0.2) is 0 Å². The zero-order valence-electron chi connectivity index (χ0n) is 14.6. The van der Waals surface area contributed by atoms with E-state index in [1.54, 1.807) is 17.3 Å². The zero-order valence-corrected chi connectivity index (χ0v) is 14.6. The van der Waals surface area contributed by atoms with Crippen LogP contribution >= 0.6 is 0 Å². The van der Waals surface area contributed by atoms with Gasteiger partial charge in [-0.25, -0.2) is 0 Å². The van der Waals surface area contributed by atoms with E-state index in [1.807, 2.05) is 50.2 Å². The van der Waals surface area contributed by atoms with Crippen molar-refractivity contribution < 1.29 is 9.59 Å². The molecule has 1 aliphatic rings. The number of rotatable bonds is 6. The lowest BCUT2D eigenvalue weighted by atomic mass is 9.96. The van der Waals surface area contributed by atoms with Crippen LogP contribution in [-0.2, 0) is 17.9 Å². The van der Waals surface area contributed by atoms with Gasteiger partial charge in [0, 0.05) is 31.0 Å². The average Bonchev–Trinajstić information content (AvgIpc) is 2.97. The highest BCUT2D eigenvalue weighted by Crippen LogP contribution is 2.28. The molecule has 1 aromatic heterocycles. The van der Waals surface area contributed by atoms with Crippen molar-refractivity contribution in [3.8, 4) is 0 Å². The van der Waals surface area contributed by atoms with E-state index < -0.39 is 6.04 Å². The van der Waals surface area contributed by atoms with Crippen molar-refractivity contribution >= 4 is 11.8 Å². The van der Waals surface area contributed by atoms with Gasteiger partial charge in [-0.2, -0.15) is 0 Å². The molecular formula is C20H23N3O2. The number of amides is 2. The zero-order chi connectivity index (χ0) is 17.8. The highest BCUT2D eigenvalue weighted by Gasteiger charge is 2.38. The summed E-state index contributed by atoms with van der Waals surface area (Å²) in [4.78, 5) is 31.3. The molecule has 0 saturated heterocycles. The fourth-order valence-corrected chi connectivity index (χ4v) is 3.23. The number of fused-ring (bicyclic) bond motifs is 1. The van der Waals surface area contributed by atoms with Gasteiger partial charge in [-0.1, -0.05) is 38.5 Å². The first-order chi connectivity index (χ1) is 12.1. The first-order valence-electron chi connectivity index (χ1n) is 8.67. The highest BCUT2D eigenvalue weighted by atomic mass is 16.2. The molecule has 130 valence electrons. The van der Waals surface area contributed by atoms with Gasteiger partial charge >= 0.3 is 0 Å². The summed E-state index contributed by atoms with van der Waals surface area (Å²) in [5.41, 5.74) is 2.68. The Morgan fingerprint density at radius 1 is 1.24 bits per heavy atom. The minimum atomic E-state index is -0.466. The Kier molecular flexibility index (Phi) is 5.12. The van der Waals surface area contributed by atoms with Crippen LogP contribution in [0.3, 0.4) is 0 Å². The molecule has 2 aromatic rings. The van der Waals surface area contributed by atoms with E-state index >= 15 is 0 Å². The quantitative estimate of drug-likeness (QED) is 0.882. The van der Waals surface area contributed by atoms with E-state index in [0.717, 1.165) is 17.5 Å². The summed E-state index contributed by atoms with van der Waals surface area (Å²) in [7, 11) is 0. The smallest absolute Gasteiger partial charge is 0.255 e. The van der Waals surface area contributed by atoms with Gasteiger partial charge in [-0.15, -0.1) is 0 Å². The van der Waals surface area contributed by atoms with E-state index in [2.05, 4.69) is 10.3 Å². The number of pyridine rings is 1. The van der Waals surface area contributed by atoms with E-state index in [4.69, 9.17) is 0 Å². The lowest BCUT2D eigenvalue weighted by Crippen LogP contribution is -2.50. The van der Waals surface area contributed by atoms with Gasteiger partial charge in [0.2, 0.25) is 5.91 Å². The number of hydrogen-bond acceptors (Lipinski definition) is 3. The summed E-state index contributed by atoms with van der Waals surface area (Å²) in [5, 5.41) is 2.98. The molecule has 5 heteroatoms. The van der Waals surface area contributed by atoms with E-state index in [-0.39, 0.29) is 17.7 Å². The van der Waals surface area contributed by atoms with Gasteiger partial charge in [-0.3, -0.25) is 14.6 Å². The van der Waals surface area contributed by atoms with Gasteiger partial charge in [0.1, 0.15) is 6.04 Å². The van der Waals surface area contributed by atoms with Gasteiger partial charge < -0.3 is 10.2 Å². The van der Waals surface area contributed by atoms with Crippen molar-refractivity contribution in [1.82, 2.24) is 15.2 Å². The summed E-state index contributed by atoms with van der Waals surface area (Å²) in [6.45, 7) is 4.99. The second-order valence-corrected chi connectivity index (χ2v) is 6.49. The van der Waals surface area contributed by atoms with Crippen LogP contribution in [0.2, 0.25) is 0 Å². The van der Waals surface area contributed by atoms with Crippen LogP contribution in [0.4, 0.5) is 0 Å². The predicted octanol–water partition coefficient (Wildman–Crippen LogP) is 2.77. The van der Waals surface area contributed by atoms with Crippen molar-refractivity contribution in [2.24, 2.45) is 5.92 Å². The van der Waals surface area contributed by atoms with Crippen LogP contribution in [0.15, 0.2) is 48.8 Å². The molecule has 2 amide bonds. The molecule has 2 heterocycles. The molecule has 0 spiro atoms. The normalized spacial score (nSPS) is 15.6. The maximum atomic E-state index is 12.9. The predicted molar refractivity (Wildman–Crippen MR) is 95.6 cm³/mol. The third-order valence-electron chi connectivity index (χ3n) is 4.85. The molecule has 1 N–H and O–H groups in total. The largest absolute Gasteiger partial charge is 0.350 e. The Morgan fingerprint density at radius 3 is 2.64 bits per heavy atom. The number of carbonyl (C=O) groups excluding carboxylic acids is 2. The fourth-order valence-electron chi connectivity index (χ4n) is 3.23. The minimum absolute atomic E-state index is 0.0556. The summed E-state index contributed by atoms with van der Waals surface area (Å²) >= 11 is 0. The number of benzene rings is 1. The summed E-state index contributed by atoms with van der Waals surface area (Å²) in [6, 6.07) is 10.9. The Labute approximate surface area is 148 Å². The monoisotopic (exact) mass is 337 g/mol. The van der Waals surface area contributed by atoms with Gasteiger partial charge in [0.05, 0.1) is 0 Å². The molecule has 2 unspecified atom stereocenters. The standard InChI is InChI=1S/C20H23N3O2/c1-3-14(2)18(19(24)22-12-15-8-10-21-11-9-15)23-13-16-6-4-5-7-17(16)20(23)25/h4-11,14,18H,3,12-13H2,1-2H3,(H,22,24). The molecular weight excluding hydrogens is 314 g/mol. The van der Waals surface area contributed by atoms with Gasteiger partial charge in [-0.05, 0) is 35.2 Å². The number of hydrogen-bond donors (Lipinski definition) is 1. The van der Waals surface area contributed by atoms with E-state index in [0.29, 0.717) is 18.7 Å². The molecule has 0 bridgehead atoms. The van der Waals surface area contributed by atoms with Crippen LogP contribution in [0, 0.1) is 5.92 Å². The van der Waals surface area contributed by atoms with Crippen LogP contribution in [-0.4, -0.2) is 27.7 Å². The molecule has 5 nitrogen and oxygen atoms in total. The fraction of sp³-hybridized carbons (Fsp3) is 0.350. The molecule has 0 saturated carbocycles. The Morgan fingerprint density at radius 2 is 1.96 bits per heavy atom. The molecule has 2 atom stereocenters. The number of nitrogens with one attached hydrogen (secondary N) is 1. The third kappa shape index (κ3) is 3.55. The van der Waals surface area contributed by atoms with Crippen molar-refractivity contribution in [2.45, 2.75) is 39.4 Å². The molecule has 25 heavy (non-hydrogen) atoms. The maximum Gasteiger partial charge on any atom is 0.255 e. The molecule has 3 rings (SSSR count). The van der Waals surface area contributed by atoms with Crippen LogP contribution < -0.4 is 5.32 Å². The van der Waals surface area contributed by atoms with Crippen molar-refractivity contribution in [3.63, 3.8) is 0 Å². The van der Waals surface area contributed by atoms with Crippen molar-refractivity contribution in [3.05, 3.63) is 65.5 Å². The Bertz CT molecular complexity index is 761. The third-order valence-corrected chi connectivity index (χ3v) is 4.85. The van der Waals surface area contributed by atoms with E-state index in [1.165, 1.54) is 0 Å². The van der Waals surface area contributed by atoms with Gasteiger partial charge in [0.25, 0.3) is 5.91 Å². The average molecular weight is 337 g/mol. The molecule has 1 aromatic carbocycles. The Balaban J connectivity index is 1.76. The minimum Gasteiger partial charge on any atom is -0.350 e. The second-order valence-electron chi connectivity index (χ2n) is 6.49. The maximum absolute atomic E-state index is 12.9. The number of nitrogens with zero attached hydrogens (tertiary/aromatic N) is 2. The van der Waals surface area contributed by atoms with Crippen molar-refractivity contribution in [1.29, 1.82) is 0 Å². The van der Waals surface area contributed by atoms with Crippen molar-refractivity contribution in [2.75, 3.05) is 0 Å². The van der Waals surface area contributed by atoms with E-state index in [9.17, 15) is 9.59 Å². The molecule has 0 radical (unpaired) electrons. The Hall–Kier alpha value is -2.69. The van der Waals surface area contributed by atoms with Crippen LogP contribution in [0.1, 0.15) is 41.8 Å². The lowest BCUT2D eigenvalue weighted by molar-refractivity contribution is -0.127. The molecule has 0 aliphatic carbocycles. The van der Waals surface area contributed by atoms with Crippen LogP contribution in [0.25, 0.3) is 0 Å². The highest BCUT2D eigenvalue weighted by molar-refractivity contribution is 6.01. The number of aromatic nitrogens is 1. The lowest BCUT2D eigenvalue weighted by Gasteiger charge is -2.31. The molecule has 0 fully saturated rings. The van der Waals surface area contributed by atoms with Crippen LogP contribution in [0.5, 0.6) is 0 Å². The summed E-state index contributed by atoms with van der Waals surface area (Å²) in [5.74, 6) is -0.0806. The topological polar surface area (TPSA) is 62.3 Å². The summed E-state index contributed by atoms with van der Waals surface area (Å²) < 4.78 is 0. The first kappa shape index (κ1) is 17.1. The second kappa shape index (κ2) is 7.47. The number of carbonyl (C=O) groups is 2. The molecule has 1 aliphatic heterocycles. The summed E-state index contributed by atoms with van der Waals surface area (Å²) in [6.07, 6.45) is 4.23. The first-order valence-corrected chi connectivity index (χ1v) is 8.67. The SMILES string of the molecule is CCC(C)C(C(=O)NCc1ccncc1)N1Cc2ccccc2C1=O.